The lowest BCUT2D eigenvalue weighted by molar-refractivity contribution is 0.185. The number of aryl methyl sites for hydroxylation is 1. The summed E-state index contributed by atoms with van der Waals surface area (Å²) in [5.41, 5.74) is 10.1. The number of hydrogen-bond donors (Lipinski definition) is 1. The molecule has 2 heterocycles. The summed E-state index contributed by atoms with van der Waals surface area (Å²) in [4.78, 5) is 0. The maximum absolute atomic E-state index is 6.16. The van der Waals surface area contributed by atoms with E-state index < -0.39 is 0 Å². The summed E-state index contributed by atoms with van der Waals surface area (Å²) in [5.74, 6) is 0. The monoisotopic (exact) mass is 321 g/mol. The topological polar surface area (TPSA) is 53.1 Å². The van der Waals surface area contributed by atoms with E-state index >= 15 is 0 Å². The van der Waals surface area contributed by atoms with Gasteiger partial charge in [0, 0.05) is 28.5 Å². The number of aromatic nitrogens is 2. The highest BCUT2D eigenvalue weighted by Crippen LogP contribution is 2.33. The summed E-state index contributed by atoms with van der Waals surface area (Å²) < 4.78 is 8.53. The van der Waals surface area contributed by atoms with Crippen molar-refractivity contribution in [1.29, 1.82) is 0 Å². The fraction of sp³-hybridized carbons (Fsp3) is 0.357. The van der Waals surface area contributed by atoms with Gasteiger partial charge in [-0.25, -0.2) is 0 Å². The molecule has 100 valence electrons. The Kier molecular flexibility index (Phi) is 3.33. The van der Waals surface area contributed by atoms with Crippen molar-refractivity contribution in [3.05, 3.63) is 34.4 Å². The molecule has 0 unspecified atom stereocenters. The molecule has 3 rings (SSSR count). The van der Waals surface area contributed by atoms with Crippen LogP contribution >= 0.6 is 15.9 Å². The van der Waals surface area contributed by atoms with Gasteiger partial charge in [-0.05, 0) is 37.1 Å². The van der Waals surface area contributed by atoms with Crippen LogP contribution in [0, 0.1) is 6.92 Å². The molecule has 1 saturated heterocycles. The molecule has 2 N–H and O–H groups in total. The number of anilines is 1. The van der Waals surface area contributed by atoms with Crippen molar-refractivity contribution in [1.82, 2.24) is 9.78 Å². The van der Waals surface area contributed by atoms with Crippen LogP contribution in [0.2, 0.25) is 0 Å². The maximum atomic E-state index is 6.16. The number of rotatable bonds is 2. The maximum Gasteiger partial charge on any atom is 0.0781 e. The number of ether oxygens (including phenoxy) is 1. The molecule has 5 heteroatoms. The number of halogens is 1. The molecule has 0 spiro atoms. The molecule has 4 nitrogen and oxygen atoms in total. The van der Waals surface area contributed by atoms with Gasteiger partial charge in [-0.15, -0.1) is 0 Å². The summed E-state index contributed by atoms with van der Waals surface area (Å²) >= 11 is 3.56. The first-order chi connectivity index (χ1) is 9.16. The zero-order chi connectivity index (χ0) is 13.4. The van der Waals surface area contributed by atoms with Crippen LogP contribution in [0.25, 0.3) is 11.3 Å². The Labute approximate surface area is 120 Å². The van der Waals surface area contributed by atoms with Gasteiger partial charge in [0.1, 0.15) is 0 Å². The van der Waals surface area contributed by atoms with Gasteiger partial charge in [-0.2, -0.15) is 5.10 Å². The third kappa shape index (κ3) is 2.28. The minimum Gasteiger partial charge on any atom is -0.398 e. The molecule has 1 aliphatic heterocycles. The van der Waals surface area contributed by atoms with Gasteiger partial charge >= 0.3 is 0 Å². The zero-order valence-corrected chi connectivity index (χ0v) is 12.4. The van der Waals surface area contributed by atoms with Crippen molar-refractivity contribution >= 4 is 21.6 Å². The zero-order valence-electron chi connectivity index (χ0n) is 10.8. The fourth-order valence-electron chi connectivity index (χ4n) is 2.46. The Bertz CT molecular complexity index is 603. The van der Waals surface area contributed by atoms with Crippen LogP contribution in [0.3, 0.4) is 0 Å². The molecular weight excluding hydrogens is 306 g/mol. The van der Waals surface area contributed by atoms with E-state index in [4.69, 9.17) is 10.5 Å². The van der Waals surface area contributed by atoms with Crippen LogP contribution in [0.4, 0.5) is 5.69 Å². The predicted molar refractivity (Wildman–Crippen MR) is 79.0 cm³/mol. The third-order valence-electron chi connectivity index (χ3n) is 3.53. The third-order valence-corrected chi connectivity index (χ3v) is 4.38. The highest BCUT2D eigenvalue weighted by atomic mass is 79.9. The molecule has 1 aromatic heterocycles. The quantitative estimate of drug-likeness (QED) is 0.864. The predicted octanol–water partition coefficient (Wildman–Crippen LogP) is 3.16. The molecule has 0 radical (unpaired) electrons. The summed E-state index contributed by atoms with van der Waals surface area (Å²) in [6.45, 7) is 3.56. The molecule has 1 aromatic carbocycles. The van der Waals surface area contributed by atoms with Gasteiger partial charge in [0.15, 0.2) is 0 Å². The molecular formula is C14H16BrN3O. The smallest absolute Gasteiger partial charge is 0.0781 e. The Morgan fingerprint density at radius 3 is 3.05 bits per heavy atom. The van der Waals surface area contributed by atoms with Crippen molar-refractivity contribution in [3.8, 4) is 11.3 Å². The van der Waals surface area contributed by atoms with Crippen molar-refractivity contribution in [2.24, 2.45) is 0 Å². The second-order valence-corrected chi connectivity index (χ2v) is 5.72. The van der Waals surface area contributed by atoms with Crippen LogP contribution in [0.1, 0.15) is 18.0 Å². The van der Waals surface area contributed by atoms with E-state index in [0.29, 0.717) is 6.04 Å². The van der Waals surface area contributed by atoms with E-state index in [2.05, 4.69) is 27.1 Å². The number of hydrogen-bond acceptors (Lipinski definition) is 3. The van der Waals surface area contributed by atoms with E-state index in [0.717, 1.165) is 46.6 Å². The highest BCUT2D eigenvalue weighted by Gasteiger charge is 2.22. The first kappa shape index (κ1) is 12.7. The number of benzene rings is 1. The summed E-state index contributed by atoms with van der Waals surface area (Å²) in [5, 5.41) is 4.43. The molecule has 1 aliphatic rings. The van der Waals surface area contributed by atoms with E-state index in [1.807, 2.05) is 29.9 Å². The van der Waals surface area contributed by atoms with Crippen LogP contribution in [-0.2, 0) is 4.74 Å². The molecule has 0 aliphatic carbocycles. The molecule has 0 amide bonds. The normalized spacial score (nSPS) is 18.9. The number of nitrogens with two attached hydrogens (primary N) is 1. The molecule has 0 saturated carbocycles. The van der Waals surface area contributed by atoms with Gasteiger partial charge in [0.05, 0.1) is 18.3 Å². The largest absolute Gasteiger partial charge is 0.398 e. The van der Waals surface area contributed by atoms with E-state index in [1.165, 1.54) is 0 Å². The standard InChI is InChI=1S/C14H16BrN3O/c1-9-6-13(16)11(7-12(9)15)14-2-4-17-18(14)10-3-5-19-8-10/h2,4,6-7,10H,3,5,8,16H2,1H3/t10-/m1/s1. The van der Waals surface area contributed by atoms with E-state index in [1.54, 1.807) is 0 Å². The van der Waals surface area contributed by atoms with E-state index in [9.17, 15) is 0 Å². The summed E-state index contributed by atoms with van der Waals surface area (Å²) in [6.07, 6.45) is 2.82. The van der Waals surface area contributed by atoms with Crippen molar-refractivity contribution in [2.75, 3.05) is 18.9 Å². The second-order valence-electron chi connectivity index (χ2n) is 4.87. The summed E-state index contributed by atoms with van der Waals surface area (Å²) in [6, 6.07) is 6.37. The highest BCUT2D eigenvalue weighted by molar-refractivity contribution is 9.10. The molecule has 2 aromatic rings. The van der Waals surface area contributed by atoms with Crippen LogP contribution in [0.15, 0.2) is 28.9 Å². The summed E-state index contributed by atoms with van der Waals surface area (Å²) in [7, 11) is 0. The first-order valence-corrected chi connectivity index (χ1v) is 7.13. The van der Waals surface area contributed by atoms with Crippen molar-refractivity contribution in [3.63, 3.8) is 0 Å². The number of nitrogen functional groups attached to an aromatic ring is 1. The van der Waals surface area contributed by atoms with Gasteiger partial charge in [-0.1, -0.05) is 15.9 Å². The van der Waals surface area contributed by atoms with Gasteiger partial charge in [-0.3, -0.25) is 4.68 Å². The van der Waals surface area contributed by atoms with Gasteiger partial charge < -0.3 is 10.5 Å². The average molecular weight is 322 g/mol. The van der Waals surface area contributed by atoms with Gasteiger partial charge in [0.25, 0.3) is 0 Å². The Morgan fingerprint density at radius 1 is 1.47 bits per heavy atom. The molecule has 1 atom stereocenters. The van der Waals surface area contributed by atoms with Crippen molar-refractivity contribution in [2.45, 2.75) is 19.4 Å². The lowest BCUT2D eigenvalue weighted by Crippen LogP contribution is -2.12. The first-order valence-electron chi connectivity index (χ1n) is 6.34. The van der Waals surface area contributed by atoms with Crippen molar-refractivity contribution < 1.29 is 4.74 Å². The minimum absolute atomic E-state index is 0.310. The van der Waals surface area contributed by atoms with Crippen LogP contribution in [-0.4, -0.2) is 23.0 Å². The lowest BCUT2D eigenvalue weighted by atomic mass is 10.1. The second kappa shape index (κ2) is 4.98. The molecule has 1 fully saturated rings. The molecule has 0 bridgehead atoms. The number of nitrogens with zero attached hydrogens (tertiary/aromatic N) is 2. The van der Waals surface area contributed by atoms with Crippen LogP contribution in [0.5, 0.6) is 0 Å². The Morgan fingerprint density at radius 2 is 2.32 bits per heavy atom. The Balaban J connectivity index is 2.07. The molecule has 19 heavy (non-hydrogen) atoms. The Hall–Kier alpha value is -1.33. The van der Waals surface area contributed by atoms with Gasteiger partial charge in [0.2, 0.25) is 0 Å². The fourth-order valence-corrected chi connectivity index (χ4v) is 2.80. The SMILES string of the molecule is Cc1cc(N)c(-c2ccnn2[C@@H]2CCOC2)cc1Br. The lowest BCUT2D eigenvalue weighted by Gasteiger charge is -2.15. The van der Waals surface area contributed by atoms with Crippen LogP contribution < -0.4 is 5.73 Å². The minimum atomic E-state index is 0.310. The van der Waals surface area contributed by atoms with E-state index in [-0.39, 0.29) is 0 Å². The average Bonchev–Trinajstić information content (AvgIpc) is 3.03.